The van der Waals surface area contributed by atoms with Gasteiger partial charge in [0.25, 0.3) is 5.91 Å². The molecule has 4 aromatic rings. The number of thioether (sulfide) groups is 1. The van der Waals surface area contributed by atoms with Gasteiger partial charge in [0.1, 0.15) is 5.75 Å². The topological polar surface area (TPSA) is 77.0 Å². The third-order valence-corrected chi connectivity index (χ3v) is 7.77. The Labute approximate surface area is 232 Å². The molecule has 3 atom stereocenters. The van der Waals surface area contributed by atoms with E-state index in [1.165, 1.54) is 0 Å². The number of ether oxygens (including phenoxy) is 3. The molecule has 2 N–H and O–H groups in total. The summed E-state index contributed by atoms with van der Waals surface area (Å²) in [5.41, 5.74) is 4.07. The number of nitrogens with one attached hydrogen (secondary N) is 1. The van der Waals surface area contributed by atoms with Crippen LogP contribution in [0.3, 0.4) is 0 Å². The molecular weight excluding hydrogens is 510 g/mol. The van der Waals surface area contributed by atoms with Crippen molar-refractivity contribution >= 4 is 23.4 Å². The number of benzene rings is 4. The van der Waals surface area contributed by atoms with E-state index in [0.717, 1.165) is 33.1 Å². The maximum absolute atomic E-state index is 12.5. The Bertz CT molecular complexity index is 1360. The van der Waals surface area contributed by atoms with Crippen molar-refractivity contribution in [1.29, 1.82) is 0 Å². The van der Waals surface area contributed by atoms with Crippen LogP contribution in [-0.4, -0.2) is 30.0 Å². The van der Waals surface area contributed by atoms with Crippen molar-refractivity contribution in [3.05, 3.63) is 125 Å². The lowest BCUT2D eigenvalue weighted by Crippen LogP contribution is -2.31. The zero-order chi connectivity index (χ0) is 27.0. The van der Waals surface area contributed by atoms with Gasteiger partial charge in [-0.25, -0.2) is 0 Å². The lowest BCUT2D eigenvalue weighted by Gasteiger charge is -2.36. The summed E-state index contributed by atoms with van der Waals surface area (Å²) in [4.78, 5) is 13.6. The number of hydrogen-bond acceptors (Lipinski definition) is 6. The molecule has 1 fully saturated rings. The number of methoxy groups -OCH3 is 1. The summed E-state index contributed by atoms with van der Waals surface area (Å²) in [7, 11) is 1.68. The number of carbonyl (C=O) groups excluding carboxylic acids is 1. The predicted molar refractivity (Wildman–Crippen MR) is 153 cm³/mol. The van der Waals surface area contributed by atoms with Crippen molar-refractivity contribution in [3.8, 4) is 5.75 Å². The number of hydrogen-bond donors (Lipinski definition) is 2. The molecular formula is C32H31NO5S. The van der Waals surface area contributed by atoms with Gasteiger partial charge in [0, 0.05) is 33.9 Å². The Balaban J connectivity index is 1.32. The number of aliphatic hydroxyl groups is 1. The van der Waals surface area contributed by atoms with Gasteiger partial charge in [0.05, 0.1) is 25.9 Å². The molecule has 1 saturated heterocycles. The summed E-state index contributed by atoms with van der Waals surface area (Å²) in [5.74, 6) is 1.42. The van der Waals surface area contributed by atoms with Gasteiger partial charge in [-0.1, -0.05) is 66.7 Å². The van der Waals surface area contributed by atoms with Crippen LogP contribution in [0.2, 0.25) is 0 Å². The minimum atomic E-state index is -0.566. The summed E-state index contributed by atoms with van der Waals surface area (Å²) in [6.07, 6.45) is -0.109. The van der Waals surface area contributed by atoms with E-state index in [1.807, 2.05) is 91.0 Å². The van der Waals surface area contributed by atoms with E-state index in [-0.39, 0.29) is 24.7 Å². The zero-order valence-electron chi connectivity index (χ0n) is 21.7. The fourth-order valence-corrected chi connectivity index (χ4v) is 5.51. The van der Waals surface area contributed by atoms with Gasteiger partial charge in [-0.2, -0.15) is 0 Å². The van der Waals surface area contributed by atoms with Crippen LogP contribution in [0.5, 0.6) is 5.75 Å². The minimum Gasteiger partial charge on any atom is -0.496 e. The number of rotatable bonds is 9. The molecule has 1 heterocycles. The molecule has 1 aliphatic heterocycles. The molecule has 39 heavy (non-hydrogen) atoms. The largest absolute Gasteiger partial charge is 0.496 e. The Kier molecular flexibility index (Phi) is 8.96. The third-order valence-electron chi connectivity index (χ3n) is 6.59. The van der Waals surface area contributed by atoms with Crippen LogP contribution >= 0.6 is 11.8 Å². The second kappa shape index (κ2) is 13.0. The van der Waals surface area contributed by atoms with Gasteiger partial charge < -0.3 is 24.6 Å². The van der Waals surface area contributed by atoms with Crippen molar-refractivity contribution in [2.45, 2.75) is 36.4 Å². The van der Waals surface area contributed by atoms with Crippen molar-refractivity contribution in [2.24, 2.45) is 0 Å². The molecule has 0 spiro atoms. The average molecular weight is 542 g/mol. The lowest BCUT2D eigenvalue weighted by atomic mass is 10.0. The van der Waals surface area contributed by atoms with E-state index in [9.17, 15) is 9.90 Å². The maximum atomic E-state index is 12.5. The Morgan fingerprint density at radius 3 is 2.31 bits per heavy atom. The molecule has 5 rings (SSSR count). The van der Waals surface area contributed by atoms with E-state index in [0.29, 0.717) is 17.7 Å². The molecule has 0 radical (unpaired) electrons. The normalized spacial score (nSPS) is 18.9. The first-order valence-electron chi connectivity index (χ1n) is 12.9. The van der Waals surface area contributed by atoms with Crippen LogP contribution < -0.4 is 10.1 Å². The van der Waals surface area contributed by atoms with E-state index in [2.05, 4.69) is 5.32 Å². The second-order valence-electron chi connectivity index (χ2n) is 9.25. The average Bonchev–Trinajstić information content (AvgIpc) is 3.01. The van der Waals surface area contributed by atoms with Gasteiger partial charge in [-0.3, -0.25) is 4.79 Å². The molecule has 1 amide bonds. The van der Waals surface area contributed by atoms with E-state index in [4.69, 9.17) is 14.2 Å². The first kappa shape index (κ1) is 27.0. The first-order valence-corrected chi connectivity index (χ1v) is 13.8. The first-order chi connectivity index (χ1) is 19.1. The van der Waals surface area contributed by atoms with Gasteiger partial charge in [0.15, 0.2) is 6.29 Å². The molecule has 0 saturated carbocycles. The van der Waals surface area contributed by atoms with Gasteiger partial charge in [-0.15, -0.1) is 11.8 Å². The van der Waals surface area contributed by atoms with Crippen molar-refractivity contribution < 1.29 is 24.1 Å². The summed E-state index contributed by atoms with van der Waals surface area (Å²) in [5, 5.41) is 12.4. The molecule has 4 aromatic carbocycles. The molecule has 200 valence electrons. The third kappa shape index (κ3) is 6.88. The highest BCUT2D eigenvalue weighted by Gasteiger charge is 2.32. The van der Waals surface area contributed by atoms with E-state index < -0.39 is 6.29 Å². The Hall–Kier alpha value is -3.62. The lowest BCUT2D eigenvalue weighted by molar-refractivity contribution is -0.245. The number of anilines is 1. The Morgan fingerprint density at radius 1 is 0.897 bits per heavy atom. The monoisotopic (exact) mass is 541 g/mol. The fraction of sp³-hybridized carbons (Fsp3) is 0.219. The molecule has 0 unspecified atom stereocenters. The van der Waals surface area contributed by atoms with Gasteiger partial charge in [-0.05, 0) is 47.5 Å². The van der Waals surface area contributed by atoms with Crippen LogP contribution in [0.1, 0.15) is 45.9 Å². The molecule has 0 aromatic heterocycles. The van der Waals surface area contributed by atoms with Crippen LogP contribution in [0.15, 0.2) is 108 Å². The van der Waals surface area contributed by atoms with Gasteiger partial charge in [0.2, 0.25) is 0 Å². The van der Waals surface area contributed by atoms with Crippen LogP contribution in [0, 0.1) is 0 Å². The van der Waals surface area contributed by atoms with Crippen molar-refractivity contribution in [2.75, 3.05) is 18.2 Å². The number of carbonyl (C=O) groups is 1. The number of amides is 1. The maximum Gasteiger partial charge on any atom is 0.255 e. The summed E-state index contributed by atoms with van der Waals surface area (Å²) >= 11 is 1.70. The standard InChI is InChI=1S/C32H31NO5S/c1-36-28-9-5-6-10-30(28)39-21-27-19-29(23-13-11-22(20-34)12-14-23)38-32(37-27)25-15-17-26(18-16-25)33-31(35)24-7-3-2-4-8-24/h2-18,27,29,32,34H,19-21H2,1H3,(H,33,35)/t27-,29+,32+/m0/s1. The van der Waals surface area contributed by atoms with Crippen LogP contribution in [0.4, 0.5) is 5.69 Å². The highest BCUT2D eigenvalue weighted by atomic mass is 32.2. The van der Waals surface area contributed by atoms with Crippen molar-refractivity contribution in [3.63, 3.8) is 0 Å². The predicted octanol–water partition coefficient (Wildman–Crippen LogP) is 6.78. The van der Waals surface area contributed by atoms with Crippen molar-refractivity contribution in [1.82, 2.24) is 0 Å². The summed E-state index contributed by atoms with van der Waals surface area (Å²) in [6, 6.07) is 32.5. The quantitative estimate of drug-likeness (QED) is 0.228. The number of aliphatic hydroxyl groups excluding tert-OH is 1. The fourth-order valence-electron chi connectivity index (χ4n) is 4.46. The van der Waals surface area contributed by atoms with Crippen LogP contribution in [0.25, 0.3) is 0 Å². The Morgan fingerprint density at radius 2 is 1.59 bits per heavy atom. The molecule has 0 aliphatic carbocycles. The summed E-state index contributed by atoms with van der Waals surface area (Å²) < 4.78 is 18.4. The highest BCUT2D eigenvalue weighted by Crippen LogP contribution is 2.40. The molecule has 6 nitrogen and oxygen atoms in total. The second-order valence-corrected chi connectivity index (χ2v) is 10.3. The molecule has 1 aliphatic rings. The van der Waals surface area contributed by atoms with E-state index >= 15 is 0 Å². The molecule has 0 bridgehead atoms. The SMILES string of the molecule is COc1ccccc1SC[C@@H]1C[C@H](c2ccc(CO)cc2)O[C@H](c2ccc(NC(=O)c3ccccc3)cc2)O1. The van der Waals surface area contributed by atoms with E-state index in [1.54, 1.807) is 31.0 Å². The van der Waals surface area contributed by atoms with Gasteiger partial charge >= 0.3 is 0 Å². The smallest absolute Gasteiger partial charge is 0.255 e. The number of para-hydroxylation sites is 1. The highest BCUT2D eigenvalue weighted by molar-refractivity contribution is 7.99. The van der Waals surface area contributed by atoms with Crippen LogP contribution in [-0.2, 0) is 16.1 Å². The summed E-state index contributed by atoms with van der Waals surface area (Å²) in [6.45, 7) is 0.00285. The zero-order valence-corrected chi connectivity index (χ0v) is 22.5. The molecule has 7 heteroatoms. The minimum absolute atomic E-state index is 0.00285.